The monoisotopic (exact) mass is 222 g/mol. The molecule has 0 unspecified atom stereocenters. The van der Waals surface area contributed by atoms with E-state index >= 15 is 0 Å². The summed E-state index contributed by atoms with van der Waals surface area (Å²) in [6, 6.07) is 0. The molecule has 0 fully saturated rings. The number of nitrogens with zero attached hydrogens (tertiary/aromatic N) is 5. The molecule has 7 heteroatoms. The van der Waals surface area contributed by atoms with E-state index in [9.17, 15) is 0 Å². The minimum Gasteiger partial charge on any atom is -0.372 e. The molecule has 0 radical (unpaired) electrons. The Morgan fingerprint density at radius 2 is 2.27 bits per heavy atom. The first-order valence-electron chi connectivity index (χ1n) is 4.31. The van der Waals surface area contributed by atoms with Gasteiger partial charge in [0.05, 0.1) is 12.4 Å². The van der Waals surface area contributed by atoms with Gasteiger partial charge in [0, 0.05) is 14.1 Å². The van der Waals surface area contributed by atoms with Crippen molar-refractivity contribution < 1.29 is 0 Å². The van der Waals surface area contributed by atoms with Crippen molar-refractivity contribution in [2.75, 3.05) is 12.4 Å². The second-order valence-electron chi connectivity index (χ2n) is 2.76. The highest BCUT2D eigenvalue weighted by atomic mass is 32.2. The third-order valence-electron chi connectivity index (χ3n) is 1.73. The SMILES string of the molecule is CNc1cncc(Sc2ncnn2C)n1. The minimum absolute atomic E-state index is 0.738. The second kappa shape index (κ2) is 4.26. The van der Waals surface area contributed by atoms with Crippen LogP contribution in [0.15, 0.2) is 28.9 Å². The molecule has 2 aromatic heterocycles. The van der Waals surface area contributed by atoms with Gasteiger partial charge in [-0.1, -0.05) is 0 Å². The Balaban J connectivity index is 2.21. The molecule has 1 N–H and O–H groups in total. The fourth-order valence-electron chi connectivity index (χ4n) is 0.989. The second-order valence-corrected chi connectivity index (χ2v) is 3.75. The Labute approximate surface area is 91.2 Å². The van der Waals surface area contributed by atoms with Crippen LogP contribution in [0.4, 0.5) is 5.82 Å². The quantitative estimate of drug-likeness (QED) is 0.828. The number of hydrogen-bond acceptors (Lipinski definition) is 6. The molecular weight excluding hydrogens is 212 g/mol. The van der Waals surface area contributed by atoms with Gasteiger partial charge in [0.2, 0.25) is 0 Å². The van der Waals surface area contributed by atoms with Crippen molar-refractivity contribution in [3.05, 3.63) is 18.7 Å². The molecule has 0 aliphatic carbocycles. The molecule has 0 atom stereocenters. The first-order chi connectivity index (χ1) is 7.29. The maximum absolute atomic E-state index is 4.32. The molecule has 0 aliphatic heterocycles. The van der Waals surface area contributed by atoms with Crippen LogP contribution in [0, 0.1) is 0 Å². The van der Waals surface area contributed by atoms with Gasteiger partial charge in [-0.15, -0.1) is 0 Å². The van der Waals surface area contributed by atoms with E-state index in [1.807, 2.05) is 7.05 Å². The average Bonchev–Trinajstić information content (AvgIpc) is 2.65. The van der Waals surface area contributed by atoms with Crippen LogP contribution in [-0.4, -0.2) is 31.8 Å². The Kier molecular flexibility index (Phi) is 2.82. The topological polar surface area (TPSA) is 68.5 Å². The van der Waals surface area contributed by atoms with E-state index < -0.39 is 0 Å². The lowest BCUT2D eigenvalue weighted by molar-refractivity contribution is 0.684. The molecule has 15 heavy (non-hydrogen) atoms. The van der Waals surface area contributed by atoms with Gasteiger partial charge in [-0.2, -0.15) is 5.10 Å². The minimum atomic E-state index is 0.738. The Morgan fingerprint density at radius 1 is 1.40 bits per heavy atom. The van der Waals surface area contributed by atoms with Gasteiger partial charge in [-0.3, -0.25) is 4.98 Å². The Bertz CT molecular complexity index is 454. The van der Waals surface area contributed by atoms with E-state index in [1.54, 1.807) is 24.1 Å². The van der Waals surface area contributed by atoms with Crippen molar-refractivity contribution in [2.45, 2.75) is 10.2 Å². The number of aryl methyl sites for hydroxylation is 1. The predicted molar refractivity (Wildman–Crippen MR) is 56.7 cm³/mol. The lowest BCUT2D eigenvalue weighted by atomic mass is 10.7. The molecule has 0 saturated heterocycles. The van der Waals surface area contributed by atoms with Gasteiger partial charge in [-0.05, 0) is 11.8 Å². The first-order valence-corrected chi connectivity index (χ1v) is 5.13. The molecule has 0 saturated carbocycles. The van der Waals surface area contributed by atoms with Crippen molar-refractivity contribution in [3.8, 4) is 0 Å². The molecule has 0 amide bonds. The molecule has 78 valence electrons. The third-order valence-corrected chi connectivity index (χ3v) is 2.69. The molecule has 2 heterocycles. The standard InChI is InChI=1S/C8H10N6S/c1-9-6-3-10-4-7(13-6)15-8-11-5-12-14(8)2/h3-5H,1-2H3,(H,9,13). The maximum atomic E-state index is 4.32. The van der Waals surface area contributed by atoms with Gasteiger partial charge >= 0.3 is 0 Å². The van der Waals surface area contributed by atoms with Crippen molar-refractivity contribution >= 4 is 17.6 Å². The number of anilines is 1. The summed E-state index contributed by atoms with van der Waals surface area (Å²) in [5.74, 6) is 0.738. The number of rotatable bonds is 3. The molecule has 0 spiro atoms. The molecular formula is C8H10N6S. The van der Waals surface area contributed by atoms with Crippen molar-refractivity contribution in [3.63, 3.8) is 0 Å². The van der Waals surface area contributed by atoms with Crippen LogP contribution in [-0.2, 0) is 7.05 Å². The largest absolute Gasteiger partial charge is 0.372 e. The summed E-state index contributed by atoms with van der Waals surface area (Å²) in [7, 11) is 3.64. The molecule has 0 aromatic carbocycles. The zero-order chi connectivity index (χ0) is 10.7. The molecule has 0 aliphatic rings. The van der Waals surface area contributed by atoms with Crippen LogP contribution >= 0.6 is 11.8 Å². The van der Waals surface area contributed by atoms with E-state index in [-0.39, 0.29) is 0 Å². The van der Waals surface area contributed by atoms with E-state index in [0.717, 1.165) is 16.0 Å². The highest BCUT2D eigenvalue weighted by Crippen LogP contribution is 2.22. The van der Waals surface area contributed by atoms with Crippen LogP contribution in [0.3, 0.4) is 0 Å². The Hall–Kier alpha value is -1.63. The van der Waals surface area contributed by atoms with Gasteiger partial charge in [-0.25, -0.2) is 14.6 Å². The lowest BCUT2D eigenvalue weighted by Gasteiger charge is -2.01. The lowest BCUT2D eigenvalue weighted by Crippen LogP contribution is -1.96. The smallest absolute Gasteiger partial charge is 0.192 e. The van der Waals surface area contributed by atoms with Crippen molar-refractivity contribution in [1.29, 1.82) is 0 Å². The summed E-state index contributed by atoms with van der Waals surface area (Å²) in [5.41, 5.74) is 0. The fourth-order valence-corrected chi connectivity index (χ4v) is 1.71. The third kappa shape index (κ3) is 2.24. The van der Waals surface area contributed by atoms with E-state index in [0.29, 0.717) is 0 Å². The summed E-state index contributed by atoms with van der Waals surface area (Å²) in [4.78, 5) is 12.5. The van der Waals surface area contributed by atoms with Crippen LogP contribution in [0.2, 0.25) is 0 Å². The van der Waals surface area contributed by atoms with Crippen LogP contribution in [0.1, 0.15) is 0 Å². The molecule has 2 aromatic rings. The van der Waals surface area contributed by atoms with Gasteiger partial charge in [0.1, 0.15) is 17.2 Å². The van der Waals surface area contributed by atoms with Gasteiger partial charge in [0.15, 0.2) is 5.16 Å². The molecule has 6 nitrogen and oxygen atoms in total. The maximum Gasteiger partial charge on any atom is 0.192 e. The first kappa shape index (κ1) is 9.91. The van der Waals surface area contributed by atoms with Gasteiger partial charge in [0.25, 0.3) is 0 Å². The molecule has 0 bridgehead atoms. The predicted octanol–water partition coefficient (Wildman–Crippen LogP) is 0.798. The van der Waals surface area contributed by atoms with E-state index in [4.69, 9.17) is 0 Å². The fraction of sp³-hybridized carbons (Fsp3) is 0.250. The summed E-state index contributed by atoms with van der Waals surface area (Å²) in [5, 5.41) is 8.49. The zero-order valence-corrected chi connectivity index (χ0v) is 9.19. The van der Waals surface area contributed by atoms with Crippen molar-refractivity contribution in [1.82, 2.24) is 24.7 Å². The number of hydrogen-bond donors (Lipinski definition) is 1. The highest BCUT2D eigenvalue weighted by Gasteiger charge is 2.05. The van der Waals surface area contributed by atoms with E-state index in [1.165, 1.54) is 18.1 Å². The van der Waals surface area contributed by atoms with Crippen molar-refractivity contribution in [2.24, 2.45) is 7.05 Å². The zero-order valence-electron chi connectivity index (χ0n) is 8.38. The normalized spacial score (nSPS) is 10.3. The van der Waals surface area contributed by atoms with Crippen LogP contribution in [0.5, 0.6) is 0 Å². The molecule has 2 rings (SSSR count). The summed E-state index contributed by atoms with van der Waals surface area (Å²) >= 11 is 1.43. The number of nitrogens with one attached hydrogen (secondary N) is 1. The van der Waals surface area contributed by atoms with E-state index in [2.05, 4.69) is 25.4 Å². The highest BCUT2D eigenvalue weighted by molar-refractivity contribution is 7.99. The number of aromatic nitrogens is 5. The average molecular weight is 222 g/mol. The van der Waals surface area contributed by atoms with Gasteiger partial charge < -0.3 is 5.32 Å². The Morgan fingerprint density at radius 3 is 2.93 bits per heavy atom. The summed E-state index contributed by atoms with van der Waals surface area (Å²) in [6.07, 6.45) is 4.87. The van der Waals surface area contributed by atoms with Crippen LogP contribution in [0.25, 0.3) is 0 Å². The van der Waals surface area contributed by atoms with Crippen LogP contribution < -0.4 is 5.32 Å². The summed E-state index contributed by atoms with van der Waals surface area (Å²) in [6.45, 7) is 0. The summed E-state index contributed by atoms with van der Waals surface area (Å²) < 4.78 is 1.69.